The Kier molecular flexibility index (Phi) is 5.76. The number of methoxy groups -OCH3 is 1. The van der Waals surface area contributed by atoms with Crippen LogP contribution in [0.4, 0.5) is 5.69 Å². The molecule has 0 radical (unpaired) electrons. The zero-order valence-corrected chi connectivity index (χ0v) is 19.8. The van der Waals surface area contributed by atoms with Crippen molar-refractivity contribution in [1.29, 1.82) is 0 Å². The summed E-state index contributed by atoms with van der Waals surface area (Å²) in [6.45, 7) is 2.01. The van der Waals surface area contributed by atoms with Crippen LogP contribution in [-0.4, -0.2) is 35.1 Å². The number of aromatic hydroxyl groups is 1. The van der Waals surface area contributed by atoms with Gasteiger partial charge in [0.2, 0.25) is 11.8 Å². The number of hydrogen-bond acceptors (Lipinski definition) is 6. The van der Waals surface area contributed by atoms with E-state index in [0.29, 0.717) is 16.8 Å². The second-order valence-electron chi connectivity index (χ2n) is 9.07. The van der Waals surface area contributed by atoms with Crippen LogP contribution in [0.3, 0.4) is 0 Å². The number of aliphatic carboxylic acids is 1. The van der Waals surface area contributed by atoms with Crippen molar-refractivity contribution in [2.75, 3.05) is 12.0 Å². The number of hydrogen-bond donors (Lipinski definition) is 3. The van der Waals surface area contributed by atoms with Gasteiger partial charge >= 0.3 is 5.97 Å². The molecule has 5 rings (SSSR count). The summed E-state index contributed by atoms with van der Waals surface area (Å²) < 4.78 is 5.24. The highest BCUT2D eigenvalue weighted by Crippen LogP contribution is 2.54. The first-order valence-corrected chi connectivity index (χ1v) is 11.7. The number of carbonyl (C=O) groups excluding carboxylic acids is 2. The predicted octanol–water partition coefficient (Wildman–Crippen LogP) is 3.39. The van der Waals surface area contributed by atoms with Crippen molar-refractivity contribution in [2.24, 2.45) is 11.8 Å². The quantitative estimate of drug-likeness (QED) is 0.458. The van der Waals surface area contributed by atoms with Gasteiger partial charge < -0.3 is 14.9 Å². The van der Waals surface area contributed by atoms with Crippen molar-refractivity contribution in [3.8, 4) is 11.5 Å². The van der Waals surface area contributed by atoms with Crippen molar-refractivity contribution in [3.63, 3.8) is 0 Å². The number of fused-ring (bicyclic) bond motifs is 1. The summed E-state index contributed by atoms with van der Waals surface area (Å²) in [5, 5.41) is 23.8. The Morgan fingerprint density at radius 3 is 2.33 bits per heavy atom. The first-order chi connectivity index (χ1) is 17.3. The van der Waals surface area contributed by atoms with Crippen LogP contribution in [0.5, 0.6) is 11.5 Å². The Labute approximate surface area is 208 Å². The lowest BCUT2D eigenvalue weighted by atomic mass is 9.75. The highest BCUT2D eigenvalue weighted by Gasteiger charge is 2.69. The normalized spacial score (nSPS) is 25.2. The molecule has 8 heteroatoms. The number of carboxylic acid groups (broad SMARTS) is 1. The summed E-state index contributed by atoms with van der Waals surface area (Å²) >= 11 is 0. The van der Waals surface area contributed by atoms with Gasteiger partial charge in [0, 0.05) is 6.04 Å². The van der Waals surface area contributed by atoms with Crippen LogP contribution in [-0.2, 0) is 26.3 Å². The van der Waals surface area contributed by atoms with Gasteiger partial charge in [0.1, 0.15) is 0 Å². The first-order valence-electron chi connectivity index (χ1n) is 11.7. The maximum absolute atomic E-state index is 13.9. The van der Waals surface area contributed by atoms with E-state index in [1.807, 2.05) is 19.1 Å². The lowest BCUT2D eigenvalue weighted by Gasteiger charge is -2.31. The third-order valence-corrected chi connectivity index (χ3v) is 7.29. The van der Waals surface area contributed by atoms with Crippen LogP contribution in [0.15, 0.2) is 72.8 Å². The molecule has 4 unspecified atom stereocenters. The van der Waals surface area contributed by atoms with E-state index in [0.717, 1.165) is 16.9 Å². The molecule has 2 saturated heterocycles. The summed E-state index contributed by atoms with van der Waals surface area (Å²) in [6, 6.07) is 19.4. The number of carboxylic acids is 1. The maximum Gasteiger partial charge on any atom is 0.329 e. The molecule has 0 bridgehead atoms. The molecule has 184 valence electrons. The number of phenols is 1. The van der Waals surface area contributed by atoms with Gasteiger partial charge in [-0.05, 0) is 47.4 Å². The van der Waals surface area contributed by atoms with E-state index in [4.69, 9.17) is 4.74 Å². The SMILES string of the molecule is CCc1ccc(N2C(=O)C3C(c4ccc(O)c(OC)c4)NC(C(=O)O)(c4ccccc4)C3C2=O)cc1. The molecule has 4 atom stereocenters. The number of nitrogens with one attached hydrogen (secondary N) is 1. The Morgan fingerprint density at radius 1 is 1.03 bits per heavy atom. The van der Waals surface area contributed by atoms with Crippen molar-refractivity contribution in [1.82, 2.24) is 5.32 Å². The fraction of sp³-hybridized carbons (Fsp3) is 0.250. The number of anilines is 1. The number of carbonyl (C=O) groups is 3. The Hall–Kier alpha value is -4.17. The number of imide groups is 1. The number of aryl methyl sites for hydroxylation is 1. The molecule has 3 aromatic carbocycles. The van der Waals surface area contributed by atoms with E-state index >= 15 is 0 Å². The minimum Gasteiger partial charge on any atom is -0.504 e. The monoisotopic (exact) mass is 486 g/mol. The molecule has 8 nitrogen and oxygen atoms in total. The van der Waals surface area contributed by atoms with Crippen LogP contribution in [0, 0.1) is 11.8 Å². The summed E-state index contributed by atoms with van der Waals surface area (Å²) in [5.74, 6) is -4.38. The average Bonchev–Trinajstić information content (AvgIpc) is 3.39. The van der Waals surface area contributed by atoms with Crippen LogP contribution in [0.2, 0.25) is 0 Å². The molecule has 0 spiro atoms. The van der Waals surface area contributed by atoms with Gasteiger partial charge in [-0.1, -0.05) is 55.5 Å². The minimum absolute atomic E-state index is 0.0881. The summed E-state index contributed by atoms with van der Waals surface area (Å²) in [4.78, 5) is 41.9. The summed E-state index contributed by atoms with van der Waals surface area (Å²) in [7, 11) is 1.40. The summed E-state index contributed by atoms with van der Waals surface area (Å²) in [5.41, 5.74) is 0.532. The molecule has 36 heavy (non-hydrogen) atoms. The molecule has 0 saturated carbocycles. The molecule has 0 aromatic heterocycles. The van der Waals surface area contributed by atoms with Gasteiger partial charge in [-0.15, -0.1) is 0 Å². The topological polar surface area (TPSA) is 116 Å². The number of benzene rings is 3. The van der Waals surface area contributed by atoms with Crippen LogP contribution in [0.25, 0.3) is 0 Å². The third kappa shape index (κ3) is 3.37. The zero-order valence-electron chi connectivity index (χ0n) is 19.8. The van der Waals surface area contributed by atoms with Gasteiger partial charge in [0.05, 0.1) is 24.6 Å². The molecule has 2 aliphatic heterocycles. The van der Waals surface area contributed by atoms with E-state index in [1.54, 1.807) is 54.6 Å². The van der Waals surface area contributed by atoms with Gasteiger partial charge in [-0.3, -0.25) is 14.9 Å². The fourth-order valence-corrected chi connectivity index (χ4v) is 5.50. The van der Waals surface area contributed by atoms with E-state index in [2.05, 4.69) is 5.32 Å². The van der Waals surface area contributed by atoms with E-state index in [1.165, 1.54) is 13.2 Å². The van der Waals surface area contributed by atoms with Crippen molar-refractivity contribution >= 4 is 23.5 Å². The number of phenolic OH excluding ortho intramolecular Hbond substituents is 1. The first kappa shape index (κ1) is 23.6. The Bertz CT molecular complexity index is 1340. The van der Waals surface area contributed by atoms with Gasteiger partial charge in [-0.25, -0.2) is 9.69 Å². The van der Waals surface area contributed by atoms with Crippen LogP contribution < -0.4 is 15.0 Å². The number of nitrogens with zero attached hydrogens (tertiary/aromatic N) is 1. The molecule has 2 fully saturated rings. The molecule has 2 heterocycles. The lowest BCUT2D eigenvalue weighted by molar-refractivity contribution is -0.149. The second-order valence-corrected chi connectivity index (χ2v) is 9.07. The van der Waals surface area contributed by atoms with Crippen molar-refractivity contribution in [3.05, 3.63) is 89.5 Å². The second kappa shape index (κ2) is 8.80. The highest BCUT2D eigenvalue weighted by molar-refractivity contribution is 6.24. The smallest absolute Gasteiger partial charge is 0.329 e. The van der Waals surface area contributed by atoms with E-state index in [-0.39, 0.29) is 11.5 Å². The molecule has 2 amide bonds. The third-order valence-electron chi connectivity index (χ3n) is 7.29. The van der Waals surface area contributed by atoms with E-state index in [9.17, 15) is 24.6 Å². The number of rotatable bonds is 6. The van der Waals surface area contributed by atoms with E-state index < -0.39 is 41.2 Å². The minimum atomic E-state index is -1.84. The Balaban J connectivity index is 1.70. The van der Waals surface area contributed by atoms with Gasteiger partial charge in [-0.2, -0.15) is 0 Å². The van der Waals surface area contributed by atoms with Crippen LogP contribution in [0.1, 0.15) is 29.7 Å². The number of amides is 2. The van der Waals surface area contributed by atoms with Crippen molar-refractivity contribution in [2.45, 2.75) is 24.9 Å². The maximum atomic E-state index is 13.9. The molecule has 0 aliphatic carbocycles. The largest absolute Gasteiger partial charge is 0.504 e. The molecular formula is C28H26N2O6. The zero-order chi connectivity index (χ0) is 25.6. The molecular weight excluding hydrogens is 460 g/mol. The lowest BCUT2D eigenvalue weighted by Crippen LogP contribution is -2.53. The average molecular weight is 487 g/mol. The molecule has 2 aliphatic rings. The predicted molar refractivity (Wildman–Crippen MR) is 132 cm³/mol. The molecule has 3 N–H and O–H groups in total. The van der Waals surface area contributed by atoms with Crippen molar-refractivity contribution < 1.29 is 29.3 Å². The highest BCUT2D eigenvalue weighted by atomic mass is 16.5. The van der Waals surface area contributed by atoms with Crippen LogP contribution >= 0.6 is 0 Å². The summed E-state index contributed by atoms with van der Waals surface area (Å²) in [6.07, 6.45) is 0.804. The van der Waals surface area contributed by atoms with Gasteiger partial charge in [0.25, 0.3) is 0 Å². The molecule has 3 aromatic rings. The Morgan fingerprint density at radius 2 is 1.72 bits per heavy atom. The standard InChI is InChI=1S/C28H26N2O6/c1-3-16-9-12-19(13-10-16)30-25(32)22-23(26(30)33)28(27(34)35,18-7-5-4-6-8-18)29-24(22)17-11-14-20(31)21(15-17)36-2/h4-15,22-24,29,31H,3H2,1-2H3,(H,34,35). The number of ether oxygens (including phenoxy) is 1. The fourth-order valence-electron chi connectivity index (χ4n) is 5.50. The van der Waals surface area contributed by atoms with Gasteiger partial charge in [0.15, 0.2) is 17.0 Å².